The topological polar surface area (TPSA) is 36.7 Å². The second kappa shape index (κ2) is 10.1. The van der Waals surface area contributed by atoms with Crippen molar-refractivity contribution < 1.29 is 18.0 Å². The second-order valence-electron chi connectivity index (χ2n) is 8.48. The maximum absolute atomic E-state index is 13.6. The molecule has 0 unspecified atom stereocenters. The third-order valence-electron chi connectivity index (χ3n) is 5.72. The Morgan fingerprint density at radius 2 is 1.69 bits per heavy atom. The predicted octanol–water partition coefficient (Wildman–Crippen LogP) is 5.10. The molecule has 1 heterocycles. The molecule has 1 fully saturated rings. The number of amides is 1. The molecule has 0 saturated heterocycles. The van der Waals surface area contributed by atoms with Gasteiger partial charge in [-0.1, -0.05) is 30.3 Å². The van der Waals surface area contributed by atoms with Gasteiger partial charge in [0.05, 0.1) is 13.1 Å². The molecule has 0 N–H and O–H groups in total. The molecule has 1 aliphatic carbocycles. The van der Waals surface area contributed by atoms with E-state index < -0.39 is 11.6 Å². The van der Waals surface area contributed by atoms with Crippen LogP contribution < -0.4 is 0 Å². The van der Waals surface area contributed by atoms with Crippen molar-refractivity contribution in [2.24, 2.45) is 0 Å². The third kappa shape index (κ3) is 6.26. The van der Waals surface area contributed by atoms with E-state index in [2.05, 4.69) is 12.1 Å². The van der Waals surface area contributed by atoms with Crippen molar-refractivity contribution in [2.75, 3.05) is 13.1 Å². The van der Waals surface area contributed by atoms with Gasteiger partial charge in [0.25, 0.3) is 0 Å². The number of carbonyl (C=O) groups is 1. The number of nitrogens with zero attached hydrogens (tertiary/aromatic N) is 2. The summed E-state index contributed by atoms with van der Waals surface area (Å²) in [5, 5.41) is 0. The van der Waals surface area contributed by atoms with Gasteiger partial charge in [0.1, 0.15) is 23.2 Å². The summed E-state index contributed by atoms with van der Waals surface area (Å²) in [4.78, 5) is 17.2. The summed E-state index contributed by atoms with van der Waals surface area (Å²) in [5.74, 6) is 0.343. The standard InChI is InChI=1S/C26H28F2N2O2/c1-19-7-10-25(32-19)17-29(12-11-20-5-3-2-4-6-20)26(31)18-30(24-8-9-24)16-21-13-22(27)15-23(28)14-21/h2-7,10,13-15,24H,8-9,11-12,16-18H2,1H3. The lowest BCUT2D eigenvalue weighted by Crippen LogP contribution is -2.41. The molecule has 1 aromatic heterocycles. The van der Waals surface area contributed by atoms with Crippen molar-refractivity contribution in [1.29, 1.82) is 0 Å². The van der Waals surface area contributed by atoms with Crippen LogP contribution in [0.1, 0.15) is 35.5 Å². The van der Waals surface area contributed by atoms with E-state index in [-0.39, 0.29) is 18.5 Å². The van der Waals surface area contributed by atoms with E-state index in [1.54, 1.807) is 0 Å². The molecule has 2 aromatic carbocycles. The minimum Gasteiger partial charge on any atom is -0.464 e. The highest BCUT2D eigenvalue weighted by Gasteiger charge is 2.31. The molecule has 0 atom stereocenters. The molecule has 0 aliphatic heterocycles. The van der Waals surface area contributed by atoms with Crippen LogP contribution >= 0.6 is 0 Å². The highest BCUT2D eigenvalue weighted by atomic mass is 19.1. The number of aryl methyl sites for hydroxylation is 1. The normalized spacial score (nSPS) is 13.5. The summed E-state index contributed by atoms with van der Waals surface area (Å²) in [6, 6.07) is 17.7. The van der Waals surface area contributed by atoms with Crippen LogP contribution in [0.15, 0.2) is 65.1 Å². The Hall–Kier alpha value is -2.99. The first kappa shape index (κ1) is 22.2. The van der Waals surface area contributed by atoms with Gasteiger partial charge in [-0.15, -0.1) is 0 Å². The van der Waals surface area contributed by atoms with Crippen LogP contribution in [0.4, 0.5) is 8.78 Å². The molecular formula is C26H28F2N2O2. The number of furan rings is 1. The fourth-order valence-corrected chi connectivity index (χ4v) is 3.92. The first-order valence-corrected chi connectivity index (χ1v) is 11.0. The summed E-state index contributed by atoms with van der Waals surface area (Å²) in [7, 11) is 0. The summed E-state index contributed by atoms with van der Waals surface area (Å²) in [6.07, 6.45) is 2.73. The summed E-state index contributed by atoms with van der Waals surface area (Å²) < 4.78 is 33.0. The number of hydrogen-bond donors (Lipinski definition) is 0. The Morgan fingerprint density at radius 1 is 0.969 bits per heavy atom. The first-order chi connectivity index (χ1) is 15.5. The van der Waals surface area contributed by atoms with Crippen LogP contribution in [-0.4, -0.2) is 34.8 Å². The number of rotatable bonds is 10. The Labute approximate surface area is 187 Å². The van der Waals surface area contributed by atoms with Crippen LogP contribution in [0.2, 0.25) is 0 Å². The molecule has 1 aliphatic rings. The Bertz CT molecular complexity index is 1030. The summed E-state index contributed by atoms with van der Waals surface area (Å²) in [5.41, 5.74) is 1.70. The maximum atomic E-state index is 13.6. The molecule has 4 nitrogen and oxygen atoms in total. The van der Waals surface area contributed by atoms with Crippen LogP contribution in [0.25, 0.3) is 0 Å². The average Bonchev–Trinajstić information content (AvgIpc) is 3.52. The number of halogens is 2. The van der Waals surface area contributed by atoms with E-state index in [4.69, 9.17) is 4.42 Å². The fourth-order valence-electron chi connectivity index (χ4n) is 3.92. The zero-order valence-electron chi connectivity index (χ0n) is 18.3. The molecular weight excluding hydrogens is 410 g/mol. The highest BCUT2D eigenvalue weighted by Crippen LogP contribution is 2.28. The van der Waals surface area contributed by atoms with Crippen LogP contribution in [0.5, 0.6) is 0 Å². The molecule has 1 saturated carbocycles. The Balaban J connectivity index is 1.46. The Kier molecular flexibility index (Phi) is 7.00. The zero-order valence-corrected chi connectivity index (χ0v) is 18.3. The monoisotopic (exact) mass is 438 g/mol. The molecule has 0 bridgehead atoms. The molecule has 0 spiro atoms. The van der Waals surface area contributed by atoms with Crippen molar-refractivity contribution in [1.82, 2.24) is 9.80 Å². The molecule has 6 heteroatoms. The number of carbonyl (C=O) groups excluding carboxylic acids is 1. The van der Waals surface area contributed by atoms with E-state index >= 15 is 0 Å². The highest BCUT2D eigenvalue weighted by molar-refractivity contribution is 5.78. The van der Waals surface area contributed by atoms with Gasteiger partial charge in [0.15, 0.2) is 0 Å². The van der Waals surface area contributed by atoms with Gasteiger partial charge < -0.3 is 9.32 Å². The van der Waals surface area contributed by atoms with Gasteiger partial charge in [0, 0.05) is 25.2 Å². The van der Waals surface area contributed by atoms with E-state index in [0.717, 1.165) is 42.4 Å². The smallest absolute Gasteiger partial charge is 0.237 e. The SMILES string of the molecule is Cc1ccc(CN(CCc2ccccc2)C(=O)CN(Cc2cc(F)cc(F)c2)C2CC2)o1. The lowest BCUT2D eigenvalue weighted by atomic mass is 10.1. The van der Waals surface area contributed by atoms with Crippen molar-refractivity contribution in [3.63, 3.8) is 0 Å². The lowest BCUT2D eigenvalue weighted by Gasteiger charge is -2.27. The summed E-state index contributed by atoms with van der Waals surface area (Å²) >= 11 is 0. The molecule has 3 aromatic rings. The third-order valence-corrected chi connectivity index (χ3v) is 5.72. The van der Waals surface area contributed by atoms with Crippen molar-refractivity contribution in [3.8, 4) is 0 Å². The molecule has 168 valence electrons. The summed E-state index contributed by atoms with van der Waals surface area (Å²) in [6.45, 7) is 3.39. The molecule has 0 radical (unpaired) electrons. The van der Waals surface area contributed by atoms with Crippen LogP contribution in [-0.2, 0) is 24.3 Å². The van der Waals surface area contributed by atoms with Crippen molar-refractivity contribution >= 4 is 5.91 Å². The first-order valence-electron chi connectivity index (χ1n) is 11.0. The van der Waals surface area contributed by atoms with Crippen LogP contribution in [0.3, 0.4) is 0 Å². The van der Waals surface area contributed by atoms with E-state index in [0.29, 0.717) is 25.2 Å². The fraction of sp³-hybridized carbons (Fsp3) is 0.346. The lowest BCUT2D eigenvalue weighted by molar-refractivity contribution is -0.133. The van der Waals surface area contributed by atoms with E-state index in [1.807, 2.05) is 47.1 Å². The van der Waals surface area contributed by atoms with Gasteiger partial charge >= 0.3 is 0 Å². The average molecular weight is 439 g/mol. The zero-order chi connectivity index (χ0) is 22.5. The molecule has 32 heavy (non-hydrogen) atoms. The van der Waals surface area contributed by atoms with Gasteiger partial charge in [-0.25, -0.2) is 8.78 Å². The van der Waals surface area contributed by atoms with E-state index in [1.165, 1.54) is 12.1 Å². The maximum Gasteiger partial charge on any atom is 0.237 e. The van der Waals surface area contributed by atoms with Crippen LogP contribution in [0, 0.1) is 18.6 Å². The van der Waals surface area contributed by atoms with Gasteiger partial charge in [-0.05, 0) is 61.6 Å². The molecule has 4 rings (SSSR count). The number of hydrogen-bond acceptors (Lipinski definition) is 3. The minimum atomic E-state index is -0.597. The van der Waals surface area contributed by atoms with Gasteiger partial charge in [-0.2, -0.15) is 0 Å². The number of benzene rings is 2. The minimum absolute atomic E-state index is 0.0150. The van der Waals surface area contributed by atoms with E-state index in [9.17, 15) is 13.6 Å². The predicted molar refractivity (Wildman–Crippen MR) is 119 cm³/mol. The quantitative estimate of drug-likeness (QED) is 0.442. The largest absolute Gasteiger partial charge is 0.464 e. The van der Waals surface area contributed by atoms with Gasteiger partial charge in [-0.3, -0.25) is 9.69 Å². The van der Waals surface area contributed by atoms with Crippen molar-refractivity contribution in [2.45, 2.75) is 45.3 Å². The second-order valence-corrected chi connectivity index (χ2v) is 8.48. The van der Waals surface area contributed by atoms with Crippen molar-refractivity contribution in [3.05, 3.63) is 94.9 Å². The Morgan fingerprint density at radius 3 is 2.31 bits per heavy atom. The van der Waals surface area contributed by atoms with Gasteiger partial charge in [0.2, 0.25) is 5.91 Å². The molecule has 1 amide bonds.